The van der Waals surface area contributed by atoms with E-state index < -0.39 is 0 Å². The lowest BCUT2D eigenvalue weighted by Gasteiger charge is -2.03. The minimum atomic E-state index is -0.358. The van der Waals surface area contributed by atoms with E-state index in [4.69, 9.17) is 10.5 Å². The van der Waals surface area contributed by atoms with E-state index in [0.29, 0.717) is 18.3 Å². The number of rotatable bonds is 4. The highest BCUT2D eigenvalue weighted by Crippen LogP contribution is 2.40. The Kier molecular flexibility index (Phi) is 3.42. The Morgan fingerprint density at radius 1 is 1.65 bits per heavy atom. The number of esters is 1. The molecule has 90 valence electrons. The number of hydrogen-bond donors (Lipinski definition) is 1. The summed E-state index contributed by atoms with van der Waals surface area (Å²) in [5, 5.41) is 0. The van der Waals surface area contributed by atoms with E-state index in [2.05, 4.69) is 4.98 Å². The van der Waals surface area contributed by atoms with Gasteiger partial charge < -0.3 is 10.5 Å². The Balaban J connectivity index is 2.13. The second-order valence-corrected chi connectivity index (χ2v) is 4.10. The molecule has 1 fully saturated rings. The topological polar surface area (TPSA) is 65.2 Å². The standard InChI is InChI=1S/C13H16N2O2/c1-2-17-12(16)6-5-10-7-11(9-3-4-9)8-15-13(10)14/h5-9H,2-4H2,1H3,(H2,14,15). The lowest BCUT2D eigenvalue weighted by Crippen LogP contribution is -2.00. The quantitative estimate of drug-likeness (QED) is 0.638. The molecule has 2 N–H and O–H groups in total. The van der Waals surface area contributed by atoms with Crippen molar-refractivity contribution in [2.24, 2.45) is 0 Å². The molecule has 0 aliphatic heterocycles. The first-order valence-electron chi connectivity index (χ1n) is 5.81. The predicted octanol–water partition coefficient (Wildman–Crippen LogP) is 2.12. The first-order valence-corrected chi connectivity index (χ1v) is 5.81. The highest BCUT2D eigenvalue weighted by atomic mass is 16.5. The predicted molar refractivity (Wildman–Crippen MR) is 66.3 cm³/mol. The molecular formula is C13H16N2O2. The van der Waals surface area contributed by atoms with Gasteiger partial charge in [-0.3, -0.25) is 0 Å². The Morgan fingerprint density at radius 2 is 2.41 bits per heavy atom. The van der Waals surface area contributed by atoms with Crippen molar-refractivity contribution in [3.8, 4) is 0 Å². The van der Waals surface area contributed by atoms with Crippen LogP contribution < -0.4 is 5.73 Å². The maximum absolute atomic E-state index is 11.2. The number of pyridine rings is 1. The largest absolute Gasteiger partial charge is 0.463 e. The Labute approximate surface area is 100 Å². The van der Waals surface area contributed by atoms with Gasteiger partial charge in [0.15, 0.2) is 0 Å². The van der Waals surface area contributed by atoms with Crippen LogP contribution in [0.2, 0.25) is 0 Å². The van der Waals surface area contributed by atoms with E-state index in [1.54, 1.807) is 13.0 Å². The van der Waals surface area contributed by atoms with E-state index >= 15 is 0 Å². The summed E-state index contributed by atoms with van der Waals surface area (Å²) >= 11 is 0. The molecule has 2 rings (SSSR count). The molecule has 0 aromatic carbocycles. The SMILES string of the molecule is CCOC(=O)C=Cc1cc(C2CC2)cnc1N. The van der Waals surface area contributed by atoms with Crippen LogP contribution in [0.15, 0.2) is 18.3 Å². The van der Waals surface area contributed by atoms with Crippen molar-refractivity contribution in [1.29, 1.82) is 0 Å². The van der Waals surface area contributed by atoms with Gasteiger partial charge in [0.2, 0.25) is 0 Å². The number of nitrogen functional groups attached to an aromatic ring is 1. The lowest BCUT2D eigenvalue weighted by atomic mass is 10.1. The van der Waals surface area contributed by atoms with Gasteiger partial charge in [-0.2, -0.15) is 0 Å². The number of carbonyl (C=O) groups excluding carboxylic acids is 1. The van der Waals surface area contributed by atoms with Gasteiger partial charge in [-0.05, 0) is 43.4 Å². The first kappa shape index (κ1) is 11.6. The molecule has 1 heterocycles. The molecule has 0 amide bonds. The zero-order valence-corrected chi connectivity index (χ0v) is 9.85. The fourth-order valence-corrected chi connectivity index (χ4v) is 1.63. The first-order chi connectivity index (χ1) is 8.20. The summed E-state index contributed by atoms with van der Waals surface area (Å²) in [6.45, 7) is 2.15. The van der Waals surface area contributed by atoms with Crippen LogP contribution in [-0.2, 0) is 9.53 Å². The van der Waals surface area contributed by atoms with Crippen LogP contribution in [0.3, 0.4) is 0 Å². The second-order valence-electron chi connectivity index (χ2n) is 4.10. The molecule has 1 aromatic rings. The summed E-state index contributed by atoms with van der Waals surface area (Å²) in [7, 11) is 0. The van der Waals surface area contributed by atoms with Crippen molar-refractivity contribution in [1.82, 2.24) is 4.98 Å². The highest BCUT2D eigenvalue weighted by molar-refractivity contribution is 5.88. The van der Waals surface area contributed by atoms with Crippen LogP contribution in [0.4, 0.5) is 5.82 Å². The summed E-state index contributed by atoms with van der Waals surface area (Å²) in [4.78, 5) is 15.3. The molecule has 1 aromatic heterocycles. The number of anilines is 1. The van der Waals surface area contributed by atoms with E-state index in [-0.39, 0.29) is 5.97 Å². The number of hydrogen-bond acceptors (Lipinski definition) is 4. The molecule has 0 saturated heterocycles. The van der Waals surface area contributed by atoms with E-state index in [0.717, 1.165) is 5.56 Å². The maximum Gasteiger partial charge on any atom is 0.330 e. The monoisotopic (exact) mass is 232 g/mol. The smallest absolute Gasteiger partial charge is 0.330 e. The van der Waals surface area contributed by atoms with Crippen molar-refractivity contribution in [2.45, 2.75) is 25.7 Å². The summed E-state index contributed by atoms with van der Waals surface area (Å²) in [5.74, 6) is 0.705. The molecule has 0 bridgehead atoms. The van der Waals surface area contributed by atoms with Crippen molar-refractivity contribution in [3.63, 3.8) is 0 Å². The lowest BCUT2D eigenvalue weighted by molar-refractivity contribution is -0.137. The van der Waals surface area contributed by atoms with Crippen molar-refractivity contribution >= 4 is 17.9 Å². The Hall–Kier alpha value is -1.84. The Morgan fingerprint density at radius 3 is 3.06 bits per heavy atom. The number of carbonyl (C=O) groups is 1. The third-order valence-electron chi connectivity index (χ3n) is 2.70. The van der Waals surface area contributed by atoms with E-state index in [1.165, 1.54) is 24.5 Å². The zero-order chi connectivity index (χ0) is 12.3. The molecule has 17 heavy (non-hydrogen) atoms. The van der Waals surface area contributed by atoms with Crippen molar-refractivity contribution < 1.29 is 9.53 Å². The second kappa shape index (κ2) is 4.99. The molecule has 1 aliphatic rings. The number of aromatic nitrogens is 1. The highest BCUT2D eigenvalue weighted by Gasteiger charge is 2.24. The Bertz CT molecular complexity index is 451. The fraction of sp³-hybridized carbons (Fsp3) is 0.385. The van der Waals surface area contributed by atoms with Crippen molar-refractivity contribution in [3.05, 3.63) is 29.5 Å². The fourth-order valence-electron chi connectivity index (χ4n) is 1.63. The number of nitrogens with zero attached hydrogens (tertiary/aromatic N) is 1. The minimum absolute atomic E-state index is 0.358. The molecule has 1 saturated carbocycles. The van der Waals surface area contributed by atoms with Crippen LogP contribution in [0.5, 0.6) is 0 Å². The zero-order valence-electron chi connectivity index (χ0n) is 9.85. The normalized spacial score (nSPS) is 15.1. The van der Waals surface area contributed by atoms with Gasteiger partial charge in [0.1, 0.15) is 5.82 Å². The summed E-state index contributed by atoms with van der Waals surface area (Å²) in [5.41, 5.74) is 7.73. The molecule has 4 nitrogen and oxygen atoms in total. The molecule has 0 unspecified atom stereocenters. The average Bonchev–Trinajstić information content (AvgIpc) is 3.12. The molecule has 0 radical (unpaired) electrons. The van der Waals surface area contributed by atoms with Crippen LogP contribution in [0, 0.1) is 0 Å². The van der Waals surface area contributed by atoms with Gasteiger partial charge in [0.05, 0.1) is 6.61 Å². The third kappa shape index (κ3) is 3.06. The van der Waals surface area contributed by atoms with E-state index in [1.807, 2.05) is 12.3 Å². The van der Waals surface area contributed by atoms with E-state index in [9.17, 15) is 4.79 Å². The van der Waals surface area contributed by atoms with Gasteiger partial charge in [-0.25, -0.2) is 9.78 Å². The minimum Gasteiger partial charge on any atom is -0.463 e. The third-order valence-corrected chi connectivity index (χ3v) is 2.70. The number of ether oxygens (including phenoxy) is 1. The summed E-state index contributed by atoms with van der Waals surface area (Å²) in [6.07, 6.45) is 7.29. The van der Waals surface area contributed by atoms with Crippen LogP contribution in [-0.4, -0.2) is 17.6 Å². The molecular weight excluding hydrogens is 216 g/mol. The van der Waals surface area contributed by atoms with Crippen molar-refractivity contribution in [2.75, 3.05) is 12.3 Å². The van der Waals surface area contributed by atoms with Gasteiger partial charge >= 0.3 is 5.97 Å². The van der Waals surface area contributed by atoms with Gasteiger partial charge in [-0.1, -0.05) is 0 Å². The molecule has 0 spiro atoms. The van der Waals surface area contributed by atoms with Crippen LogP contribution in [0.25, 0.3) is 6.08 Å². The van der Waals surface area contributed by atoms with Gasteiger partial charge in [-0.15, -0.1) is 0 Å². The number of nitrogens with two attached hydrogens (primary N) is 1. The molecule has 0 atom stereocenters. The van der Waals surface area contributed by atoms with Gasteiger partial charge in [0, 0.05) is 17.8 Å². The maximum atomic E-state index is 11.2. The summed E-state index contributed by atoms with van der Waals surface area (Å²) < 4.78 is 4.81. The molecule has 1 aliphatic carbocycles. The van der Waals surface area contributed by atoms with Crippen LogP contribution >= 0.6 is 0 Å². The molecule has 4 heteroatoms. The van der Waals surface area contributed by atoms with Gasteiger partial charge in [0.25, 0.3) is 0 Å². The van der Waals surface area contributed by atoms with Crippen LogP contribution in [0.1, 0.15) is 36.8 Å². The summed E-state index contributed by atoms with van der Waals surface area (Å²) in [6, 6.07) is 2.00. The average molecular weight is 232 g/mol.